The van der Waals surface area contributed by atoms with E-state index in [0.29, 0.717) is 5.69 Å². The molecule has 0 aliphatic rings. The summed E-state index contributed by atoms with van der Waals surface area (Å²) in [7, 11) is 0. The van der Waals surface area contributed by atoms with E-state index in [-0.39, 0.29) is 5.92 Å². The molecule has 6 heteroatoms. The zero-order chi connectivity index (χ0) is 13.2. The first-order valence-electron chi connectivity index (χ1n) is 5.03. The smallest absolute Gasteiger partial charge is 0.341 e. The van der Waals surface area contributed by atoms with Gasteiger partial charge < -0.3 is 14.8 Å². The van der Waals surface area contributed by atoms with E-state index >= 15 is 0 Å². The first kappa shape index (κ1) is 13.0. The van der Waals surface area contributed by atoms with Gasteiger partial charge in [0, 0.05) is 5.69 Å². The number of rotatable bonds is 4. The van der Waals surface area contributed by atoms with E-state index in [1.807, 2.05) is 0 Å². The lowest BCUT2D eigenvalue weighted by molar-refractivity contribution is -0.137. The highest BCUT2D eigenvalue weighted by atomic mass is 16.4. The van der Waals surface area contributed by atoms with Crippen LogP contribution in [0.2, 0.25) is 0 Å². The summed E-state index contributed by atoms with van der Waals surface area (Å²) in [5.74, 6) is -2.61. The van der Waals surface area contributed by atoms with E-state index in [0.717, 1.165) is 4.57 Å². The standard InChI is InChI=1S/C11H13NO5/c1-6(2)8-4-3-7(11(16)17)10(15)12(8)5-9(13)14/h3-4,6H,5H2,1-2H3,(H,13,14)(H,16,17). The van der Waals surface area contributed by atoms with Gasteiger partial charge in [0.25, 0.3) is 5.56 Å². The number of pyridine rings is 1. The lowest BCUT2D eigenvalue weighted by Gasteiger charge is -2.14. The van der Waals surface area contributed by atoms with Gasteiger partial charge in [-0.3, -0.25) is 9.59 Å². The fourth-order valence-electron chi connectivity index (χ4n) is 1.56. The second-order valence-electron chi connectivity index (χ2n) is 3.92. The number of aliphatic carboxylic acids is 1. The number of carbonyl (C=O) groups is 2. The van der Waals surface area contributed by atoms with Gasteiger partial charge in [-0.05, 0) is 18.1 Å². The Balaban J connectivity index is 3.47. The topological polar surface area (TPSA) is 96.6 Å². The number of hydrogen-bond donors (Lipinski definition) is 2. The van der Waals surface area contributed by atoms with Crippen molar-refractivity contribution in [1.82, 2.24) is 4.57 Å². The van der Waals surface area contributed by atoms with Crippen LogP contribution in [0.1, 0.15) is 35.8 Å². The van der Waals surface area contributed by atoms with Gasteiger partial charge in [0.15, 0.2) is 0 Å². The molecule has 1 rings (SSSR count). The van der Waals surface area contributed by atoms with E-state index in [2.05, 4.69) is 0 Å². The quantitative estimate of drug-likeness (QED) is 0.808. The highest BCUT2D eigenvalue weighted by Crippen LogP contribution is 2.13. The van der Waals surface area contributed by atoms with E-state index in [1.54, 1.807) is 13.8 Å². The molecule has 0 unspecified atom stereocenters. The second-order valence-corrected chi connectivity index (χ2v) is 3.92. The number of aromatic nitrogens is 1. The van der Waals surface area contributed by atoms with Crippen LogP contribution in [-0.4, -0.2) is 26.7 Å². The molecule has 0 saturated heterocycles. The molecule has 0 fully saturated rings. The van der Waals surface area contributed by atoms with Crippen molar-refractivity contribution < 1.29 is 19.8 Å². The number of carboxylic acids is 2. The van der Waals surface area contributed by atoms with Gasteiger partial charge in [-0.25, -0.2) is 4.79 Å². The van der Waals surface area contributed by atoms with Crippen LogP contribution in [0, 0.1) is 0 Å². The molecule has 0 bridgehead atoms. The molecular formula is C11H13NO5. The summed E-state index contributed by atoms with van der Waals surface area (Å²) < 4.78 is 0.983. The van der Waals surface area contributed by atoms with Gasteiger partial charge in [-0.1, -0.05) is 13.8 Å². The predicted molar refractivity (Wildman–Crippen MR) is 59.4 cm³/mol. The summed E-state index contributed by atoms with van der Waals surface area (Å²) in [4.78, 5) is 33.2. The summed E-state index contributed by atoms with van der Waals surface area (Å²) in [6, 6.07) is 2.68. The SMILES string of the molecule is CC(C)c1ccc(C(=O)O)c(=O)n1CC(=O)O. The molecule has 0 aliphatic carbocycles. The first-order valence-corrected chi connectivity index (χ1v) is 5.03. The molecule has 0 atom stereocenters. The minimum Gasteiger partial charge on any atom is -0.480 e. The Kier molecular flexibility index (Phi) is 3.67. The zero-order valence-corrected chi connectivity index (χ0v) is 9.51. The summed E-state index contributed by atoms with van der Waals surface area (Å²) in [5, 5.41) is 17.5. The normalized spacial score (nSPS) is 10.5. The van der Waals surface area contributed by atoms with Crippen LogP contribution in [0.15, 0.2) is 16.9 Å². The van der Waals surface area contributed by atoms with Crippen LogP contribution in [-0.2, 0) is 11.3 Å². The lowest BCUT2D eigenvalue weighted by atomic mass is 10.1. The molecule has 0 radical (unpaired) electrons. The van der Waals surface area contributed by atoms with Crippen molar-refractivity contribution in [2.75, 3.05) is 0 Å². The summed E-state index contributed by atoms with van der Waals surface area (Å²) in [5.41, 5.74) is -0.704. The average molecular weight is 239 g/mol. The van der Waals surface area contributed by atoms with Crippen molar-refractivity contribution in [2.45, 2.75) is 26.3 Å². The number of carboxylic acid groups (broad SMARTS) is 2. The third-order valence-electron chi connectivity index (χ3n) is 2.32. The molecule has 2 N–H and O–H groups in total. The van der Waals surface area contributed by atoms with Crippen LogP contribution >= 0.6 is 0 Å². The summed E-state index contributed by atoms with van der Waals surface area (Å²) in [6.07, 6.45) is 0. The minimum atomic E-state index is -1.36. The Hall–Kier alpha value is -2.11. The Labute approximate surface area is 97.1 Å². The molecule has 6 nitrogen and oxygen atoms in total. The molecule has 0 aliphatic heterocycles. The van der Waals surface area contributed by atoms with Gasteiger partial charge in [0.1, 0.15) is 12.1 Å². The molecule has 92 valence electrons. The van der Waals surface area contributed by atoms with Crippen LogP contribution in [0.3, 0.4) is 0 Å². The lowest BCUT2D eigenvalue weighted by Crippen LogP contribution is -2.31. The van der Waals surface area contributed by atoms with Gasteiger partial charge >= 0.3 is 11.9 Å². The van der Waals surface area contributed by atoms with Gasteiger partial charge in [0.2, 0.25) is 0 Å². The molecule has 1 aromatic rings. The number of nitrogens with zero attached hydrogens (tertiary/aromatic N) is 1. The maximum atomic E-state index is 11.8. The largest absolute Gasteiger partial charge is 0.480 e. The van der Waals surface area contributed by atoms with E-state index in [9.17, 15) is 14.4 Å². The molecule has 0 aromatic carbocycles. The maximum absolute atomic E-state index is 11.8. The Morgan fingerprint density at radius 3 is 2.29 bits per heavy atom. The Bertz CT molecular complexity index is 515. The van der Waals surface area contributed by atoms with Gasteiger partial charge in [-0.2, -0.15) is 0 Å². The van der Waals surface area contributed by atoms with Crippen molar-refractivity contribution in [3.63, 3.8) is 0 Å². The number of aromatic carboxylic acids is 1. The maximum Gasteiger partial charge on any atom is 0.341 e. The fraction of sp³-hybridized carbons (Fsp3) is 0.364. The molecule has 0 amide bonds. The van der Waals surface area contributed by atoms with E-state index < -0.39 is 29.6 Å². The second kappa shape index (κ2) is 4.82. The number of hydrogen-bond acceptors (Lipinski definition) is 3. The summed E-state index contributed by atoms with van der Waals surface area (Å²) >= 11 is 0. The van der Waals surface area contributed by atoms with Crippen LogP contribution < -0.4 is 5.56 Å². The Morgan fingerprint density at radius 2 is 1.88 bits per heavy atom. The molecule has 1 heterocycles. The van der Waals surface area contributed by atoms with Crippen molar-refractivity contribution in [2.24, 2.45) is 0 Å². The summed E-state index contributed by atoms with van der Waals surface area (Å²) in [6.45, 7) is 3.06. The monoisotopic (exact) mass is 239 g/mol. The highest BCUT2D eigenvalue weighted by molar-refractivity contribution is 5.87. The van der Waals surface area contributed by atoms with Crippen molar-refractivity contribution >= 4 is 11.9 Å². The highest BCUT2D eigenvalue weighted by Gasteiger charge is 2.17. The predicted octanol–water partition coefficient (Wildman–Crippen LogP) is 0.755. The fourth-order valence-corrected chi connectivity index (χ4v) is 1.56. The van der Waals surface area contributed by atoms with E-state index in [4.69, 9.17) is 10.2 Å². The van der Waals surface area contributed by atoms with Crippen LogP contribution in [0.25, 0.3) is 0 Å². The Morgan fingerprint density at radius 1 is 1.29 bits per heavy atom. The van der Waals surface area contributed by atoms with Crippen LogP contribution in [0.4, 0.5) is 0 Å². The third kappa shape index (κ3) is 2.72. The minimum absolute atomic E-state index is 0.0649. The van der Waals surface area contributed by atoms with Crippen molar-refractivity contribution in [1.29, 1.82) is 0 Å². The van der Waals surface area contributed by atoms with Crippen molar-refractivity contribution in [3.8, 4) is 0 Å². The first-order chi connectivity index (χ1) is 7.84. The van der Waals surface area contributed by atoms with Gasteiger partial charge in [-0.15, -0.1) is 0 Å². The molecule has 1 aromatic heterocycles. The molecule has 0 spiro atoms. The van der Waals surface area contributed by atoms with Gasteiger partial charge in [0.05, 0.1) is 0 Å². The molecular weight excluding hydrogens is 226 g/mol. The third-order valence-corrected chi connectivity index (χ3v) is 2.32. The van der Waals surface area contributed by atoms with Crippen LogP contribution in [0.5, 0.6) is 0 Å². The molecule has 0 saturated carbocycles. The van der Waals surface area contributed by atoms with Crippen molar-refractivity contribution in [3.05, 3.63) is 33.7 Å². The molecule has 17 heavy (non-hydrogen) atoms. The zero-order valence-electron chi connectivity index (χ0n) is 9.51. The average Bonchev–Trinajstić information content (AvgIpc) is 2.19. The van der Waals surface area contributed by atoms with E-state index in [1.165, 1.54) is 12.1 Å².